The second kappa shape index (κ2) is 17.6. The van der Waals surface area contributed by atoms with E-state index < -0.39 is 0 Å². The first kappa shape index (κ1) is 44.7. The number of fused-ring (bicyclic) bond motifs is 3. The van der Waals surface area contributed by atoms with Crippen LogP contribution in [-0.4, -0.2) is 20.9 Å². The normalized spacial score (nSPS) is 12.6. The Labute approximate surface area is 347 Å². The molecule has 0 saturated heterocycles. The van der Waals surface area contributed by atoms with Crippen molar-refractivity contribution >= 4 is 38.6 Å². The maximum Gasteiger partial charge on any atom is 0.219 e. The second-order valence-electron chi connectivity index (χ2n) is 17.3. The quantitative estimate of drug-likeness (QED) is 0.0791. The van der Waals surface area contributed by atoms with Crippen LogP contribution in [0, 0.1) is 36.7 Å². The molecule has 0 spiro atoms. The number of hydrogen-bond acceptors (Lipinski definition) is 6. The Morgan fingerprint density at radius 3 is 2.18 bits per heavy atom. The van der Waals surface area contributed by atoms with E-state index in [-0.39, 0.29) is 47.9 Å². The van der Waals surface area contributed by atoms with Gasteiger partial charge in [-0.15, -0.1) is 17.7 Å². The van der Waals surface area contributed by atoms with Crippen molar-refractivity contribution < 1.29 is 38.8 Å². The van der Waals surface area contributed by atoms with Crippen molar-refractivity contribution in [1.82, 2.24) is 9.97 Å². The summed E-state index contributed by atoms with van der Waals surface area (Å²) in [4.78, 5) is 21.5. The molecular weight excluding hydrogens is 873 g/mol. The zero-order valence-corrected chi connectivity index (χ0v) is 38.2. The number of carbonyl (C=O) groups is 1. The number of aliphatic hydroxyl groups is 1. The second-order valence-corrected chi connectivity index (χ2v) is 17.3. The molecule has 1 N–H and O–H groups in total. The molecule has 0 fully saturated rings. The molecule has 6 rings (SSSR count). The standard InChI is InChI=1S/C34H33N2O2.C15H28O2.Ir/c1-19(2)12-27-21(4)38-31-15-22(8-9-26(27)31)28-16-30(36-33-32(28)20(3)18-37-33)23-13-24-17-35-11-10-25(24)29(14-23)34(5,6)7;1-7-14(5,8-2)12(16)11-13(17)15(6,9-3)10-4;/h8-11,14-19H,12H2,1-7H3;11,16H,7-10H2,1-6H3;/q-1;;/b;12-11-;. The Bertz CT molecular complexity index is 2350. The zero-order chi connectivity index (χ0) is 40.5. The summed E-state index contributed by atoms with van der Waals surface area (Å²) in [5.41, 5.74) is 8.42. The van der Waals surface area contributed by atoms with Crippen molar-refractivity contribution in [1.29, 1.82) is 0 Å². The average Bonchev–Trinajstić information content (AvgIpc) is 3.69. The van der Waals surface area contributed by atoms with E-state index in [0.717, 1.165) is 82.2 Å². The van der Waals surface area contributed by atoms with Gasteiger partial charge in [0.15, 0.2) is 5.78 Å². The Morgan fingerprint density at radius 1 is 0.911 bits per heavy atom. The van der Waals surface area contributed by atoms with Crippen LogP contribution in [0.4, 0.5) is 0 Å². The van der Waals surface area contributed by atoms with Crippen LogP contribution >= 0.6 is 0 Å². The largest absolute Gasteiger partial charge is 0.512 e. The fourth-order valence-corrected chi connectivity index (χ4v) is 7.23. The van der Waals surface area contributed by atoms with Crippen molar-refractivity contribution in [3.63, 3.8) is 0 Å². The molecule has 4 aromatic heterocycles. The maximum atomic E-state index is 12.2. The summed E-state index contributed by atoms with van der Waals surface area (Å²) in [6.07, 6.45) is 11.3. The molecular formula is C49H61IrN2O4-. The summed E-state index contributed by atoms with van der Waals surface area (Å²) in [5, 5.41) is 14.5. The molecule has 0 aliphatic heterocycles. The third-order valence-corrected chi connectivity index (χ3v) is 12.0. The van der Waals surface area contributed by atoms with Gasteiger partial charge in [-0.05, 0) is 86.2 Å². The Morgan fingerprint density at radius 2 is 1.57 bits per heavy atom. The fraction of sp³-hybridized carbons (Fsp3) is 0.449. The molecule has 1 radical (unpaired) electrons. The van der Waals surface area contributed by atoms with E-state index in [1.54, 1.807) is 6.26 Å². The molecule has 0 amide bonds. The average molecular weight is 934 g/mol. The van der Waals surface area contributed by atoms with Gasteiger partial charge in [-0.1, -0.05) is 117 Å². The Hall–Kier alpha value is -4.06. The van der Waals surface area contributed by atoms with Crippen LogP contribution in [0.5, 0.6) is 0 Å². The molecule has 301 valence electrons. The summed E-state index contributed by atoms with van der Waals surface area (Å²) in [5.74, 6) is 1.85. The van der Waals surface area contributed by atoms with Crippen LogP contribution in [0.2, 0.25) is 0 Å². The molecule has 7 heteroatoms. The molecule has 0 aliphatic carbocycles. The number of ketones is 1. The van der Waals surface area contributed by atoms with E-state index in [1.807, 2.05) is 53.9 Å². The molecule has 0 unspecified atom stereocenters. The summed E-state index contributed by atoms with van der Waals surface area (Å²) in [6, 6.07) is 16.6. The van der Waals surface area contributed by atoms with E-state index in [2.05, 4.69) is 95.9 Å². The molecule has 6 nitrogen and oxygen atoms in total. The molecule has 0 atom stereocenters. The first-order valence-electron chi connectivity index (χ1n) is 20.1. The Kier molecular flexibility index (Phi) is 14.0. The number of pyridine rings is 2. The van der Waals surface area contributed by atoms with Gasteiger partial charge in [-0.2, -0.15) is 0 Å². The van der Waals surface area contributed by atoms with Gasteiger partial charge in [0.2, 0.25) is 5.71 Å². The van der Waals surface area contributed by atoms with E-state index in [9.17, 15) is 9.90 Å². The number of carbonyl (C=O) groups excluding carboxylic acids is 1. The first-order valence-corrected chi connectivity index (χ1v) is 20.1. The molecule has 0 bridgehead atoms. The van der Waals surface area contributed by atoms with Crippen LogP contribution in [0.1, 0.15) is 124 Å². The topological polar surface area (TPSA) is 89.4 Å². The summed E-state index contributed by atoms with van der Waals surface area (Å²) >= 11 is 0. The number of furan rings is 2. The minimum Gasteiger partial charge on any atom is -0.512 e. The number of aliphatic hydroxyl groups excluding tert-OH is 1. The van der Waals surface area contributed by atoms with Crippen molar-refractivity contribution in [3.8, 4) is 22.4 Å². The number of aromatic nitrogens is 2. The van der Waals surface area contributed by atoms with Crippen molar-refractivity contribution in [3.05, 3.63) is 95.4 Å². The Balaban J connectivity index is 0.000000330. The number of aryl methyl sites for hydroxylation is 2. The molecule has 56 heavy (non-hydrogen) atoms. The molecule has 6 aromatic rings. The zero-order valence-electron chi connectivity index (χ0n) is 35.8. The number of nitrogens with zero attached hydrogens (tertiary/aromatic N) is 2. The van der Waals surface area contributed by atoms with E-state index in [4.69, 9.17) is 13.8 Å². The SMILES string of the molecule is CCC(C)(CC)C(=O)/C=C(\O)C(C)(CC)CC.Cc1oc2cc(-c3cc(-c4[c-]c5cnccc5c(C(C)(C)C)c4)nc4occ(C)c34)ccc2c1CC(C)C.[Ir]. The molecule has 0 saturated carbocycles. The minimum absolute atomic E-state index is 0. The van der Waals surface area contributed by atoms with Gasteiger partial charge in [0, 0.05) is 65.2 Å². The molecule has 2 aromatic carbocycles. The summed E-state index contributed by atoms with van der Waals surface area (Å²) in [7, 11) is 0. The van der Waals surface area contributed by atoms with Gasteiger partial charge in [-0.25, -0.2) is 0 Å². The van der Waals surface area contributed by atoms with Crippen LogP contribution in [0.3, 0.4) is 0 Å². The van der Waals surface area contributed by atoms with Crippen LogP contribution < -0.4 is 0 Å². The van der Waals surface area contributed by atoms with Crippen LogP contribution in [0.25, 0.3) is 55.2 Å². The first-order chi connectivity index (χ1) is 25.9. The van der Waals surface area contributed by atoms with Gasteiger partial charge in [0.1, 0.15) is 17.1 Å². The number of allylic oxidation sites excluding steroid dienone is 2. The van der Waals surface area contributed by atoms with Crippen molar-refractivity contribution in [2.45, 2.75) is 128 Å². The van der Waals surface area contributed by atoms with E-state index in [0.29, 0.717) is 11.6 Å². The summed E-state index contributed by atoms with van der Waals surface area (Å²) < 4.78 is 12.2. The molecule has 4 heterocycles. The number of benzene rings is 2. The van der Waals surface area contributed by atoms with E-state index in [1.165, 1.54) is 28.0 Å². The monoisotopic (exact) mass is 934 g/mol. The van der Waals surface area contributed by atoms with Gasteiger partial charge in [0.05, 0.1) is 6.26 Å². The smallest absolute Gasteiger partial charge is 0.219 e. The maximum absolute atomic E-state index is 12.2. The summed E-state index contributed by atoms with van der Waals surface area (Å²) in [6.45, 7) is 27.4. The minimum atomic E-state index is -0.337. The van der Waals surface area contributed by atoms with Crippen molar-refractivity contribution in [2.24, 2.45) is 16.7 Å². The number of hydrogen-bond donors (Lipinski definition) is 1. The number of rotatable bonds is 11. The van der Waals surface area contributed by atoms with Crippen LogP contribution in [0.15, 0.2) is 75.7 Å². The van der Waals surface area contributed by atoms with Crippen molar-refractivity contribution in [2.75, 3.05) is 0 Å². The van der Waals surface area contributed by atoms with Gasteiger partial charge in [0.25, 0.3) is 0 Å². The third-order valence-electron chi connectivity index (χ3n) is 12.0. The third kappa shape index (κ3) is 9.05. The van der Waals surface area contributed by atoms with Crippen LogP contribution in [-0.2, 0) is 36.7 Å². The van der Waals surface area contributed by atoms with Gasteiger partial charge >= 0.3 is 0 Å². The molecule has 0 aliphatic rings. The predicted octanol–water partition coefficient (Wildman–Crippen LogP) is 14.0. The predicted molar refractivity (Wildman–Crippen MR) is 229 cm³/mol. The van der Waals surface area contributed by atoms with Gasteiger partial charge in [-0.3, -0.25) is 9.78 Å². The van der Waals surface area contributed by atoms with Gasteiger partial charge < -0.3 is 18.9 Å². The van der Waals surface area contributed by atoms with E-state index >= 15 is 0 Å². The fourth-order valence-electron chi connectivity index (χ4n) is 7.23.